The van der Waals surface area contributed by atoms with Crippen LogP contribution >= 0.6 is 0 Å². The lowest BCUT2D eigenvalue weighted by Crippen LogP contribution is -2.33. The number of hydrogen-bond donors (Lipinski definition) is 1. The summed E-state index contributed by atoms with van der Waals surface area (Å²) in [6.07, 6.45) is 1.52. The van der Waals surface area contributed by atoms with Gasteiger partial charge >= 0.3 is 0 Å². The first kappa shape index (κ1) is 19.5. The van der Waals surface area contributed by atoms with Crippen molar-refractivity contribution in [1.82, 2.24) is 5.32 Å². The van der Waals surface area contributed by atoms with Gasteiger partial charge in [-0.1, -0.05) is 23.4 Å². The molecular formula is C21H24N2O5. The fourth-order valence-electron chi connectivity index (χ4n) is 3.07. The molecule has 1 N–H and O–H groups in total. The third kappa shape index (κ3) is 4.36. The van der Waals surface area contributed by atoms with Crippen LogP contribution in [0.25, 0.3) is 0 Å². The van der Waals surface area contributed by atoms with E-state index in [0.717, 1.165) is 23.3 Å². The molecule has 0 saturated heterocycles. The number of carbonyl (C=O) groups is 1. The molecule has 0 aliphatic carbocycles. The number of oxime groups is 1. The Morgan fingerprint density at radius 3 is 2.68 bits per heavy atom. The van der Waals surface area contributed by atoms with Crippen LogP contribution in [-0.2, 0) is 22.5 Å². The van der Waals surface area contributed by atoms with Crippen molar-refractivity contribution < 1.29 is 23.8 Å². The molecule has 1 heterocycles. The molecule has 2 aromatic carbocycles. The van der Waals surface area contributed by atoms with Crippen molar-refractivity contribution >= 4 is 11.6 Å². The van der Waals surface area contributed by atoms with Crippen molar-refractivity contribution in [3.05, 3.63) is 53.1 Å². The molecule has 0 spiro atoms. The number of benzene rings is 2. The van der Waals surface area contributed by atoms with E-state index in [-0.39, 0.29) is 11.6 Å². The summed E-state index contributed by atoms with van der Waals surface area (Å²) in [5.74, 6) is 1.81. The van der Waals surface area contributed by atoms with E-state index >= 15 is 0 Å². The fourth-order valence-corrected chi connectivity index (χ4v) is 3.07. The van der Waals surface area contributed by atoms with E-state index in [1.165, 1.54) is 7.11 Å². The Labute approximate surface area is 164 Å². The monoisotopic (exact) mass is 384 g/mol. The van der Waals surface area contributed by atoms with Gasteiger partial charge in [-0.25, -0.2) is 0 Å². The van der Waals surface area contributed by atoms with E-state index in [2.05, 4.69) is 10.5 Å². The number of hydrogen-bond acceptors (Lipinski definition) is 6. The Hall–Kier alpha value is -3.22. The smallest absolute Gasteiger partial charge is 0.273 e. The van der Waals surface area contributed by atoms with Gasteiger partial charge in [-0.05, 0) is 35.7 Å². The molecular weight excluding hydrogens is 360 g/mol. The predicted octanol–water partition coefficient (Wildman–Crippen LogP) is 2.35. The highest BCUT2D eigenvalue weighted by molar-refractivity contribution is 6.45. The number of carbonyl (C=O) groups excluding carboxylic acids is 1. The van der Waals surface area contributed by atoms with Crippen molar-refractivity contribution in [1.29, 1.82) is 0 Å². The average molecular weight is 384 g/mol. The van der Waals surface area contributed by atoms with E-state index in [1.54, 1.807) is 14.2 Å². The van der Waals surface area contributed by atoms with Gasteiger partial charge in [-0.2, -0.15) is 0 Å². The third-order valence-corrected chi connectivity index (χ3v) is 4.51. The molecule has 7 nitrogen and oxygen atoms in total. The van der Waals surface area contributed by atoms with Gasteiger partial charge in [0.25, 0.3) is 5.91 Å². The first-order chi connectivity index (χ1) is 13.7. The van der Waals surface area contributed by atoms with Crippen LogP contribution in [0.1, 0.15) is 16.7 Å². The summed E-state index contributed by atoms with van der Waals surface area (Å²) < 4.78 is 16.1. The highest BCUT2D eigenvalue weighted by atomic mass is 16.6. The first-order valence-electron chi connectivity index (χ1n) is 9.02. The number of ether oxygens (including phenoxy) is 3. The standard InChI is InChI=1S/C21H24N2O5/c1-25-17-7-4-14(12-19(17)26-2)8-10-22-21(24)20(23-27-3)16-6-5-15-9-11-28-18(15)13-16/h4-7,12-13H,8-11H2,1-3H3,(H,22,24)/b23-20-. The number of nitrogens with zero attached hydrogens (tertiary/aromatic N) is 1. The fraction of sp³-hybridized carbons (Fsp3) is 0.333. The quantitative estimate of drug-likeness (QED) is 0.558. The second-order valence-corrected chi connectivity index (χ2v) is 6.24. The van der Waals surface area contributed by atoms with Gasteiger partial charge in [-0.15, -0.1) is 0 Å². The molecule has 28 heavy (non-hydrogen) atoms. The maximum absolute atomic E-state index is 12.6. The highest BCUT2D eigenvalue weighted by Crippen LogP contribution is 2.28. The van der Waals surface area contributed by atoms with Gasteiger partial charge in [-0.3, -0.25) is 4.79 Å². The Bertz CT molecular complexity index is 879. The van der Waals surface area contributed by atoms with Gasteiger partial charge in [0, 0.05) is 18.5 Å². The van der Waals surface area contributed by atoms with Gasteiger partial charge < -0.3 is 24.4 Å². The lowest BCUT2D eigenvalue weighted by atomic mass is 10.1. The van der Waals surface area contributed by atoms with Crippen LogP contribution in [-0.4, -0.2) is 46.1 Å². The molecule has 0 saturated carbocycles. The van der Waals surface area contributed by atoms with Crippen LogP contribution < -0.4 is 19.5 Å². The number of amides is 1. The van der Waals surface area contributed by atoms with Crippen LogP contribution in [0, 0.1) is 0 Å². The van der Waals surface area contributed by atoms with E-state index in [0.29, 0.717) is 36.6 Å². The molecule has 148 valence electrons. The molecule has 0 aromatic heterocycles. The summed E-state index contributed by atoms with van der Waals surface area (Å²) in [6.45, 7) is 1.10. The highest BCUT2D eigenvalue weighted by Gasteiger charge is 2.19. The average Bonchev–Trinajstić information content (AvgIpc) is 3.19. The number of rotatable bonds is 8. The van der Waals surface area contributed by atoms with Crippen LogP contribution in [0.2, 0.25) is 0 Å². The maximum Gasteiger partial charge on any atom is 0.273 e. The van der Waals surface area contributed by atoms with E-state index in [9.17, 15) is 4.79 Å². The summed E-state index contributed by atoms with van der Waals surface area (Å²) in [5, 5.41) is 6.79. The molecule has 0 atom stereocenters. The molecule has 0 radical (unpaired) electrons. The molecule has 0 bridgehead atoms. The van der Waals surface area contributed by atoms with Gasteiger partial charge in [0.1, 0.15) is 12.9 Å². The Kier molecular flexibility index (Phi) is 6.37. The number of methoxy groups -OCH3 is 2. The summed E-state index contributed by atoms with van der Waals surface area (Å²) >= 11 is 0. The zero-order chi connectivity index (χ0) is 19.9. The second kappa shape index (κ2) is 9.12. The summed E-state index contributed by atoms with van der Waals surface area (Å²) in [4.78, 5) is 17.5. The predicted molar refractivity (Wildman–Crippen MR) is 105 cm³/mol. The minimum absolute atomic E-state index is 0.216. The Morgan fingerprint density at radius 2 is 1.93 bits per heavy atom. The summed E-state index contributed by atoms with van der Waals surface area (Å²) in [7, 11) is 4.61. The lowest BCUT2D eigenvalue weighted by molar-refractivity contribution is -0.114. The van der Waals surface area contributed by atoms with E-state index < -0.39 is 0 Å². The molecule has 7 heteroatoms. The minimum Gasteiger partial charge on any atom is -0.493 e. The Balaban J connectivity index is 1.64. The zero-order valence-electron chi connectivity index (χ0n) is 16.3. The largest absolute Gasteiger partial charge is 0.493 e. The molecule has 0 unspecified atom stereocenters. The SMILES string of the molecule is CO/N=C(\C(=O)NCCc1ccc(OC)c(OC)c1)c1ccc2c(c1)OCC2. The van der Waals surface area contributed by atoms with Crippen molar-refractivity contribution in [3.63, 3.8) is 0 Å². The van der Waals surface area contributed by atoms with Crippen LogP contribution in [0.4, 0.5) is 0 Å². The van der Waals surface area contributed by atoms with Crippen molar-refractivity contribution in [2.75, 3.05) is 34.5 Å². The van der Waals surface area contributed by atoms with Crippen LogP contribution in [0.3, 0.4) is 0 Å². The maximum atomic E-state index is 12.6. The van der Waals surface area contributed by atoms with Gasteiger partial charge in [0.05, 0.1) is 20.8 Å². The Morgan fingerprint density at radius 1 is 1.11 bits per heavy atom. The van der Waals surface area contributed by atoms with E-state index in [4.69, 9.17) is 19.0 Å². The third-order valence-electron chi connectivity index (χ3n) is 4.51. The molecule has 2 aromatic rings. The van der Waals surface area contributed by atoms with Crippen molar-refractivity contribution in [2.24, 2.45) is 5.16 Å². The zero-order valence-corrected chi connectivity index (χ0v) is 16.3. The molecule has 1 aliphatic heterocycles. The minimum atomic E-state index is -0.305. The van der Waals surface area contributed by atoms with Crippen LogP contribution in [0.15, 0.2) is 41.6 Å². The van der Waals surface area contributed by atoms with E-state index in [1.807, 2.05) is 36.4 Å². The van der Waals surface area contributed by atoms with Crippen LogP contribution in [0.5, 0.6) is 17.2 Å². The molecule has 3 rings (SSSR count). The molecule has 0 fully saturated rings. The second-order valence-electron chi connectivity index (χ2n) is 6.24. The first-order valence-corrected chi connectivity index (χ1v) is 9.02. The normalized spacial score (nSPS) is 12.8. The number of nitrogens with one attached hydrogen (secondary N) is 1. The van der Waals surface area contributed by atoms with Gasteiger partial charge in [0.2, 0.25) is 0 Å². The molecule has 1 amide bonds. The summed E-state index contributed by atoms with van der Waals surface area (Å²) in [5.41, 5.74) is 3.03. The topological polar surface area (TPSA) is 78.4 Å². The molecule has 1 aliphatic rings. The lowest BCUT2D eigenvalue weighted by Gasteiger charge is -2.11. The van der Waals surface area contributed by atoms with Gasteiger partial charge in [0.15, 0.2) is 17.2 Å². The summed E-state index contributed by atoms with van der Waals surface area (Å²) in [6, 6.07) is 11.3. The van der Waals surface area contributed by atoms with Crippen molar-refractivity contribution in [2.45, 2.75) is 12.8 Å². The van der Waals surface area contributed by atoms with Crippen molar-refractivity contribution in [3.8, 4) is 17.2 Å². The number of fused-ring (bicyclic) bond motifs is 1.